The molecule has 0 saturated heterocycles. The minimum atomic E-state index is -1.60. The fourth-order valence-electron chi connectivity index (χ4n) is 11.6. The van der Waals surface area contributed by atoms with Gasteiger partial charge in [-0.25, -0.2) is 0 Å². The highest BCUT2D eigenvalue weighted by Crippen LogP contribution is 2.26. The van der Waals surface area contributed by atoms with Crippen molar-refractivity contribution in [1.82, 2.24) is 50.2 Å². The Kier molecular flexibility index (Phi) is 36.6. The molecule has 0 heterocycles. The molecular formula is C67H123N11O12. The number of allylic oxidation sites excluding steroid dienone is 2. The summed E-state index contributed by atoms with van der Waals surface area (Å²) in [6.07, 6.45) is 4.55. The Balaban J connectivity index is 7.22. The summed E-state index contributed by atoms with van der Waals surface area (Å²) in [5, 5.41) is 20.5. The van der Waals surface area contributed by atoms with Gasteiger partial charge in [0.2, 0.25) is 65.0 Å². The molecular weight excluding hydrogens is 1150 g/mol. The van der Waals surface area contributed by atoms with Crippen molar-refractivity contribution in [2.24, 2.45) is 59.0 Å². The SMILES string of the molecule is C/C=C/C[C@@H](C)[C@H](O)C(C(=O)N[C@H](CC)C(=O)N(C)CC(=O)N(C)[C@@H](C(N)=O)C(C)CC)N(C)C(=O)[C@H](C(C)C)N(C)C(=O)[C@@H](CC(C)C)N(C)C(=O)[C@H](CC(C)C)N(C)C(=O)[C@H](C)NC(=O)[C@@H](CC(C)C)NC(=O)[C@H](CC(C)C)N(C)C(=O)[C@H](C)CC(C)C. The van der Waals surface area contributed by atoms with Crippen molar-refractivity contribution in [3.05, 3.63) is 12.2 Å². The zero-order valence-corrected chi connectivity index (χ0v) is 60.1. The lowest BCUT2D eigenvalue weighted by Gasteiger charge is -2.41. The van der Waals surface area contributed by atoms with Gasteiger partial charge in [0.15, 0.2) is 0 Å². The van der Waals surface area contributed by atoms with Crippen molar-refractivity contribution in [2.75, 3.05) is 55.9 Å². The van der Waals surface area contributed by atoms with Crippen molar-refractivity contribution in [1.29, 1.82) is 0 Å². The van der Waals surface area contributed by atoms with Gasteiger partial charge in [0, 0.05) is 55.3 Å². The first kappa shape index (κ1) is 83.9. The molecule has 0 fully saturated rings. The first-order valence-corrected chi connectivity index (χ1v) is 32.8. The van der Waals surface area contributed by atoms with Gasteiger partial charge in [0.25, 0.3) is 0 Å². The Hall–Kier alpha value is -6.13. The normalized spacial score (nSPS) is 16.2. The van der Waals surface area contributed by atoms with Crippen LogP contribution in [0, 0.1) is 53.3 Å². The van der Waals surface area contributed by atoms with Gasteiger partial charge in [-0.3, -0.25) is 52.7 Å². The van der Waals surface area contributed by atoms with Crippen LogP contribution in [-0.2, 0) is 52.7 Å². The Morgan fingerprint density at radius 2 is 0.867 bits per heavy atom. The van der Waals surface area contributed by atoms with Crippen LogP contribution in [0.5, 0.6) is 0 Å². The zero-order chi connectivity index (χ0) is 70.3. The predicted octanol–water partition coefficient (Wildman–Crippen LogP) is 5.31. The molecule has 23 nitrogen and oxygen atoms in total. The van der Waals surface area contributed by atoms with Gasteiger partial charge >= 0.3 is 0 Å². The van der Waals surface area contributed by atoms with E-state index in [4.69, 9.17) is 5.73 Å². The molecule has 13 atom stereocenters. The highest BCUT2D eigenvalue weighted by molar-refractivity contribution is 5.99. The van der Waals surface area contributed by atoms with Crippen LogP contribution in [0.4, 0.5) is 0 Å². The summed E-state index contributed by atoms with van der Waals surface area (Å²) in [4.78, 5) is 165. The summed E-state index contributed by atoms with van der Waals surface area (Å²) >= 11 is 0. The van der Waals surface area contributed by atoms with Crippen LogP contribution in [0.3, 0.4) is 0 Å². The molecule has 0 aromatic rings. The summed E-state index contributed by atoms with van der Waals surface area (Å²) in [6.45, 7) is 34.4. The lowest BCUT2D eigenvalue weighted by molar-refractivity contribution is -0.157. The standard InChI is InChI=1S/C67H123N11O12/c1-27-30-31-45(17)57(80)56(61(84)70-48(29-3)64(87)72(20)37-53(79)76(24)55(58(68)81)44(16)28-2)78(26)67(90)54(43(14)15)77(25)66(89)52(36-42(12)13)75(23)65(88)51(35-41(10)11)74(22)63(86)47(19)69-59(82)49(33-39(6)7)71-60(83)50(34-40(8)9)73(21)62(85)46(18)32-38(4)5/h27,30,38-52,54-57,80H,28-29,31-37H2,1-26H3,(H2,68,81)(H,69,82)(H,70,84)(H,71,83)/b30-27+/t44?,45-,46-,47+,48-,49-,50+,51+,52-,54+,55-,56?,57+/m1/s1. The Labute approximate surface area is 541 Å². The number of rotatable bonds is 39. The summed E-state index contributed by atoms with van der Waals surface area (Å²) in [5.74, 6) is -8.41. The number of primary amides is 1. The Bertz CT molecular complexity index is 2400. The molecule has 0 aliphatic heterocycles. The summed E-state index contributed by atoms with van der Waals surface area (Å²) in [6, 6.07) is -10.4. The molecule has 0 saturated carbocycles. The van der Waals surface area contributed by atoms with Gasteiger partial charge in [0.1, 0.15) is 54.4 Å². The van der Waals surface area contributed by atoms with Crippen LogP contribution in [0.2, 0.25) is 0 Å². The van der Waals surface area contributed by atoms with Gasteiger partial charge in [-0.15, -0.1) is 0 Å². The third-order valence-electron chi connectivity index (χ3n) is 17.1. The maximum Gasteiger partial charge on any atom is 0.246 e. The van der Waals surface area contributed by atoms with E-state index in [0.717, 1.165) is 9.80 Å². The third-order valence-corrected chi connectivity index (χ3v) is 17.1. The quantitative estimate of drug-likeness (QED) is 0.0490. The van der Waals surface area contributed by atoms with Gasteiger partial charge < -0.3 is 61.1 Å². The van der Waals surface area contributed by atoms with Gasteiger partial charge in [-0.1, -0.05) is 136 Å². The lowest BCUT2D eigenvalue weighted by Crippen LogP contribution is -2.63. The maximum atomic E-state index is 15.2. The smallest absolute Gasteiger partial charge is 0.246 e. The van der Waals surface area contributed by atoms with E-state index >= 15 is 14.4 Å². The number of nitrogens with two attached hydrogens (primary N) is 1. The van der Waals surface area contributed by atoms with Gasteiger partial charge in [0.05, 0.1) is 12.6 Å². The van der Waals surface area contributed by atoms with E-state index in [2.05, 4.69) is 16.0 Å². The molecule has 0 spiro atoms. The highest BCUT2D eigenvalue weighted by atomic mass is 16.3. The second-order valence-corrected chi connectivity index (χ2v) is 27.9. The van der Waals surface area contributed by atoms with Crippen LogP contribution >= 0.6 is 0 Å². The minimum absolute atomic E-state index is 0.0377. The van der Waals surface area contributed by atoms with Crippen LogP contribution in [0.25, 0.3) is 0 Å². The number of nitrogens with zero attached hydrogens (tertiary/aromatic N) is 7. The monoisotopic (exact) mass is 1270 g/mol. The average Bonchev–Trinajstić information content (AvgIpc) is 0.938. The average molecular weight is 1270 g/mol. The fraction of sp³-hybridized carbons (Fsp3) is 0.806. The summed E-state index contributed by atoms with van der Waals surface area (Å²) < 4.78 is 0. The second-order valence-electron chi connectivity index (χ2n) is 27.9. The van der Waals surface area contributed by atoms with Crippen LogP contribution in [0.1, 0.15) is 183 Å². The molecule has 518 valence electrons. The first-order chi connectivity index (χ1) is 41.5. The highest BCUT2D eigenvalue weighted by Gasteiger charge is 2.45. The first-order valence-electron chi connectivity index (χ1n) is 32.8. The van der Waals surface area contributed by atoms with Crippen LogP contribution in [-0.4, -0.2) is 221 Å². The summed E-state index contributed by atoms with van der Waals surface area (Å²) in [7, 11) is 10.2. The van der Waals surface area contributed by atoms with Crippen molar-refractivity contribution in [3.8, 4) is 0 Å². The van der Waals surface area contributed by atoms with E-state index in [1.165, 1.54) is 73.7 Å². The molecule has 0 aliphatic rings. The molecule has 0 bridgehead atoms. The van der Waals surface area contributed by atoms with E-state index < -0.39 is 138 Å². The van der Waals surface area contributed by atoms with Crippen molar-refractivity contribution in [2.45, 2.75) is 243 Å². The maximum absolute atomic E-state index is 15.2. The second kappa shape index (κ2) is 39.3. The molecule has 0 aromatic carbocycles. The number of likely N-dealkylation sites (N-methyl/N-ethyl adjacent to an activating group) is 7. The number of amides is 11. The van der Waals surface area contributed by atoms with Crippen molar-refractivity contribution in [3.63, 3.8) is 0 Å². The molecule has 0 aliphatic carbocycles. The predicted molar refractivity (Wildman–Crippen MR) is 353 cm³/mol. The van der Waals surface area contributed by atoms with Gasteiger partial charge in [-0.2, -0.15) is 0 Å². The third kappa shape index (κ3) is 25.2. The fourth-order valence-corrected chi connectivity index (χ4v) is 11.6. The van der Waals surface area contributed by atoms with E-state index in [9.17, 15) is 43.5 Å². The van der Waals surface area contributed by atoms with Crippen LogP contribution < -0.4 is 21.7 Å². The molecule has 90 heavy (non-hydrogen) atoms. The van der Waals surface area contributed by atoms with Gasteiger partial charge in [-0.05, 0) is 106 Å². The Morgan fingerprint density at radius 3 is 1.30 bits per heavy atom. The number of nitrogens with one attached hydrogen (secondary N) is 3. The Morgan fingerprint density at radius 1 is 0.433 bits per heavy atom. The molecule has 0 rings (SSSR count). The molecule has 11 amide bonds. The van der Waals surface area contributed by atoms with E-state index in [1.54, 1.807) is 54.7 Å². The molecule has 0 radical (unpaired) electrons. The zero-order valence-electron chi connectivity index (χ0n) is 60.1. The van der Waals surface area contributed by atoms with Crippen molar-refractivity contribution < 1.29 is 57.8 Å². The number of carbonyl (C=O) groups is 11. The van der Waals surface area contributed by atoms with Crippen molar-refractivity contribution >= 4 is 65.0 Å². The van der Waals surface area contributed by atoms with E-state index in [0.29, 0.717) is 25.7 Å². The topological polar surface area (TPSA) is 293 Å². The largest absolute Gasteiger partial charge is 0.390 e. The van der Waals surface area contributed by atoms with Crippen LogP contribution in [0.15, 0.2) is 12.2 Å². The minimum Gasteiger partial charge on any atom is -0.390 e. The van der Waals surface area contributed by atoms with E-state index in [1.807, 2.05) is 89.2 Å². The number of hydrogen-bond acceptors (Lipinski definition) is 12. The summed E-state index contributed by atoms with van der Waals surface area (Å²) in [5.41, 5.74) is 5.66. The molecule has 6 N–H and O–H groups in total. The molecule has 23 heteroatoms. The van der Waals surface area contributed by atoms with E-state index in [-0.39, 0.29) is 73.0 Å². The molecule has 2 unspecified atom stereocenters. The molecule has 0 aromatic heterocycles. The number of aliphatic hydroxyl groups excluding tert-OH is 1. The number of aliphatic hydroxyl groups is 1. The number of hydrogen-bond donors (Lipinski definition) is 5. The number of carbonyl (C=O) groups excluding carboxylic acids is 11. The lowest BCUT2D eigenvalue weighted by atomic mass is 9.91.